The predicted molar refractivity (Wildman–Crippen MR) is 119 cm³/mol. The van der Waals surface area contributed by atoms with Crippen LogP contribution in [-0.4, -0.2) is 48.1 Å². The van der Waals surface area contributed by atoms with Crippen molar-refractivity contribution >= 4 is 17.4 Å². The van der Waals surface area contributed by atoms with Crippen molar-refractivity contribution in [2.75, 3.05) is 26.4 Å². The molecule has 1 N–H and O–H groups in total. The van der Waals surface area contributed by atoms with Gasteiger partial charge in [0, 0.05) is 12.1 Å². The summed E-state index contributed by atoms with van der Waals surface area (Å²) < 4.78 is 16.8. The lowest BCUT2D eigenvalue weighted by atomic mass is 9.94. The molecule has 0 saturated carbocycles. The molecule has 2 heterocycles. The number of nitrogens with zero attached hydrogens (tertiary/aromatic N) is 1. The van der Waals surface area contributed by atoms with Gasteiger partial charge in [-0.2, -0.15) is 0 Å². The Hall–Kier alpha value is -3.48. The monoisotopic (exact) mass is 437 g/mol. The number of hydrogen-bond donors (Lipinski definition) is 1. The summed E-state index contributed by atoms with van der Waals surface area (Å²) in [7, 11) is 0. The Bertz CT molecular complexity index is 1060. The van der Waals surface area contributed by atoms with E-state index in [4.69, 9.17) is 14.2 Å². The Morgan fingerprint density at radius 2 is 1.88 bits per heavy atom. The maximum Gasteiger partial charge on any atom is 0.295 e. The van der Waals surface area contributed by atoms with Gasteiger partial charge in [-0.05, 0) is 43.2 Å². The highest BCUT2D eigenvalue weighted by atomic mass is 16.6. The molecule has 1 fully saturated rings. The van der Waals surface area contributed by atoms with Crippen molar-refractivity contribution in [3.8, 4) is 17.2 Å². The first-order valence-corrected chi connectivity index (χ1v) is 11.0. The molecule has 168 valence electrons. The van der Waals surface area contributed by atoms with Crippen LogP contribution in [0.5, 0.6) is 17.2 Å². The summed E-state index contributed by atoms with van der Waals surface area (Å²) in [5.74, 6) is 0.237. The molecule has 1 atom stereocenters. The number of carbonyl (C=O) groups is 2. The van der Waals surface area contributed by atoms with E-state index in [1.54, 1.807) is 36.4 Å². The van der Waals surface area contributed by atoms with Gasteiger partial charge >= 0.3 is 0 Å². The van der Waals surface area contributed by atoms with Gasteiger partial charge in [-0.25, -0.2) is 0 Å². The number of ether oxygens (including phenoxy) is 3. The highest BCUT2D eigenvalue weighted by molar-refractivity contribution is 6.46. The molecule has 1 unspecified atom stereocenters. The van der Waals surface area contributed by atoms with E-state index in [9.17, 15) is 14.7 Å². The van der Waals surface area contributed by atoms with Gasteiger partial charge in [-0.3, -0.25) is 9.59 Å². The number of likely N-dealkylation sites (tertiary alicyclic amines) is 1. The molecule has 2 aliphatic heterocycles. The van der Waals surface area contributed by atoms with Gasteiger partial charge in [-0.15, -0.1) is 0 Å². The molecule has 0 spiro atoms. The number of benzene rings is 2. The minimum absolute atomic E-state index is 0.0661. The molecule has 0 radical (unpaired) electrons. The van der Waals surface area contributed by atoms with Crippen molar-refractivity contribution in [1.82, 2.24) is 4.90 Å². The summed E-state index contributed by atoms with van der Waals surface area (Å²) in [6.45, 7) is 5.68. The van der Waals surface area contributed by atoms with E-state index in [1.165, 1.54) is 4.90 Å². The van der Waals surface area contributed by atoms with Crippen LogP contribution in [0.4, 0.5) is 0 Å². The number of carbonyl (C=O) groups excluding carboxylic acids is 2. The van der Waals surface area contributed by atoms with Crippen LogP contribution in [0.2, 0.25) is 0 Å². The first kappa shape index (κ1) is 21.7. The molecule has 0 aliphatic carbocycles. The summed E-state index contributed by atoms with van der Waals surface area (Å²) in [5.41, 5.74) is 1.18. The zero-order chi connectivity index (χ0) is 22.7. The smallest absolute Gasteiger partial charge is 0.295 e. The highest BCUT2D eigenvalue weighted by Gasteiger charge is 2.46. The number of ketones is 1. The van der Waals surface area contributed by atoms with Gasteiger partial charge in [0.25, 0.3) is 11.7 Å². The van der Waals surface area contributed by atoms with Crippen molar-refractivity contribution in [3.63, 3.8) is 0 Å². The van der Waals surface area contributed by atoms with Crippen molar-refractivity contribution in [1.29, 1.82) is 0 Å². The lowest BCUT2D eigenvalue weighted by molar-refractivity contribution is -0.139. The van der Waals surface area contributed by atoms with E-state index in [0.717, 1.165) is 12.8 Å². The van der Waals surface area contributed by atoms with Crippen LogP contribution < -0.4 is 14.2 Å². The van der Waals surface area contributed by atoms with Gasteiger partial charge in [0.15, 0.2) is 11.5 Å². The van der Waals surface area contributed by atoms with Crippen molar-refractivity contribution in [3.05, 3.63) is 59.2 Å². The van der Waals surface area contributed by atoms with Crippen LogP contribution in [0.25, 0.3) is 5.76 Å². The molecule has 32 heavy (non-hydrogen) atoms. The average molecular weight is 437 g/mol. The van der Waals surface area contributed by atoms with E-state index in [1.807, 2.05) is 19.9 Å². The first-order valence-electron chi connectivity index (χ1n) is 11.0. The topological polar surface area (TPSA) is 85.3 Å². The second-order valence-corrected chi connectivity index (χ2v) is 7.71. The molecule has 1 saturated heterocycles. The van der Waals surface area contributed by atoms with Gasteiger partial charge in [-0.1, -0.05) is 31.5 Å². The molecule has 0 aromatic heterocycles. The van der Waals surface area contributed by atoms with Crippen LogP contribution >= 0.6 is 0 Å². The summed E-state index contributed by atoms with van der Waals surface area (Å²) in [5, 5.41) is 11.2. The van der Waals surface area contributed by atoms with Gasteiger partial charge < -0.3 is 24.2 Å². The maximum absolute atomic E-state index is 13.1. The normalized spacial score (nSPS) is 19.3. The number of Topliss-reactive ketones (excluding diaryl/α,β-unsaturated/α-hetero) is 1. The number of aliphatic hydroxyl groups excluding tert-OH is 1. The molecule has 2 aromatic rings. The average Bonchev–Trinajstić information content (AvgIpc) is 3.07. The molecule has 4 rings (SSSR count). The quantitative estimate of drug-likeness (QED) is 0.399. The molecule has 1 amide bonds. The number of aliphatic hydroxyl groups is 1. The van der Waals surface area contributed by atoms with Crippen LogP contribution in [0.3, 0.4) is 0 Å². The molecular formula is C25H27NO6. The van der Waals surface area contributed by atoms with Crippen LogP contribution in [0.15, 0.2) is 48.0 Å². The highest BCUT2D eigenvalue weighted by Crippen LogP contribution is 2.42. The second-order valence-electron chi connectivity index (χ2n) is 7.71. The van der Waals surface area contributed by atoms with Crippen molar-refractivity contribution < 1.29 is 28.9 Å². The lowest BCUT2D eigenvalue weighted by Gasteiger charge is -2.27. The van der Waals surface area contributed by atoms with E-state index in [2.05, 4.69) is 0 Å². The number of unbranched alkanes of at least 4 members (excludes halogenated alkanes) is 1. The number of amides is 1. The molecular weight excluding hydrogens is 410 g/mol. The third kappa shape index (κ3) is 4.02. The third-order valence-corrected chi connectivity index (χ3v) is 5.59. The van der Waals surface area contributed by atoms with Gasteiger partial charge in [0.2, 0.25) is 0 Å². The minimum Gasteiger partial charge on any atom is -0.507 e. The van der Waals surface area contributed by atoms with E-state index in [0.29, 0.717) is 54.7 Å². The van der Waals surface area contributed by atoms with Crippen molar-refractivity contribution in [2.24, 2.45) is 0 Å². The molecule has 7 nitrogen and oxygen atoms in total. The first-order chi connectivity index (χ1) is 15.5. The summed E-state index contributed by atoms with van der Waals surface area (Å²) in [6, 6.07) is 11.5. The van der Waals surface area contributed by atoms with E-state index in [-0.39, 0.29) is 11.3 Å². The summed E-state index contributed by atoms with van der Waals surface area (Å²) in [6.07, 6.45) is 1.61. The zero-order valence-electron chi connectivity index (χ0n) is 18.3. The number of fused-ring (bicyclic) bond motifs is 1. The fourth-order valence-electron chi connectivity index (χ4n) is 4.07. The fraction of sp³-hybridized carbons (Fsp3) is 0.360. The molecule has 2 aromatic carbocycles. The van der Waals surface area contributed by atoms with E-state index >= 15 is 0 Å². The summed E-state index contributed by atoms with van der Waals surface area (Å²) >= 11 is 0. The SMILES string of the molecule is CCCCN1C(=O)C(=O)/C(=C(\O)c2cccc(OCC)c2)C1c1ccc2c(c1)OCCO2. The Labute approximate surface area is 187 Å². The number of hydrogen-bond acceptors (Lipinski definition) is 6. The largest absolute Gasteiger partial charge is 0.507 e. The minimum atomic E-state index is -0.715. The zero-order valence-corrected chi connectivity index (χ0v) is 18.3. The predicted octanol–water partition coefficient (Wildman–Crippen LogP) is 4.08. The Morgan fingerprint density at radius 1 is 1.09 bits per heavy atom. The number of rotatable bonds is 7. The maximum atomic E-state index is 13.1. The Kier molecular flexibility index (Phi) is 6.35. The molecule has 0 bridgehead atoms. The Balaban J connectivity index is 1.83. The summed E-state index contributed by atoms with van der Waals surface area (Å²) in [4.78, 5) is 27.6. The van der Waals surface area contributed by atoms with Crippen LogP contribution in [-0.2, 0) is 9.59 Å². The second kappa shape index (κ2) is 9.34. The lowest BCUT2D eigenvalue weighted by Crippen LogP contribution is -2.30. The van der Waals surface area contributed by atoms with Crippen LogP contribution in [0.1, 0.15) is 43.9 Å². The van der Waals surface area contributed by atoms with Crippen molar-refractivity contribution in [2.45, 2.75) is 32.7 Å². The molecule has 2 aliphatic rings. The third-order valence-electron chi connectivity index (χ3n) is 5.59. The standard InChI is InChI=1S/C25H27NO6/c1-3-5-11-26-22(16-9-10-19-20(15-16)32-13-12-31-19)21(24(28)25(26)29)23(27)17-7-6-8-18(14-17)30-4-2/h6-10,14-15,22,27H,3-5,11-13H2,1-2H3/b23-21-. The molecule has 7 heteroatoms. The van der Waals surface area contributed by atoms with Gasteiger partial charge in [0.05, 0.1) is 18.2 Å². The van der Waals surface area contributed by atoms with Crippen LogP contribution in [0, 0.1) is 0 Å². The van der Waals surface area contributed by atoms with Gasteiger partial charge in [0.1, 0.15) is 24.7 Å². The van der Waals surface area contributed by atoms with E-state index < -0.39 is 17.7 Å². The fourth-order valence-corrected chi connectivity index (χ4v) is 4.07. The Morgan fingerprint density at radius 3 is 2.62 bits per heavy atom.